The van der Waals surface area contributed by atoms with E-state index >= 15 is 0 Å². The van der Waals surface area contributed by atoms with Gasteiger partial charge in [0.25, 0.3) is 0 Å². The van der Waals surface area contributed by atoms with Gasteiger partial charge in [-0.1, -0.05) is 68.7 Å². The quantitative estimate of drug-likeness (QED) is 0.366. The molecule has 5 heteroatoms. The standard InChI is InChI=1S/C15H25Cl2FO2/c1-3-5-6-7-8-9-10-13(18)12(11-14(16)17)15(19)20-4-2/h11-13H,3-10H2,1-2H3/t12-,13+/m0/s1. The van der Waals surface area contributed by atoms with Gasteiger partial charge in [0.05, 0.1) is 6.61 Å². The van der Waals surface area contributed by atoms with Crippen LogP contribution in [0.5, 0.6) is 0 Å². The molecule has 0 spiro atoms. The van der Waals surface area contributed by atoms with Gasteiger partial charge in [0.1, 0.15) is 16.6 Å². The molecule has 0 bridgehead atoms. The summed E-state index contributed by atoms with van der Waals surface area (Å²) in [4.78, 5) is 11.7. The Morgan fingerprint density at radius 2 is 1.75 bits per heavy atom. The second-order valence-corrected chi connectivity index (χ2v) is 5.81. The van der Waals surface area contributed by atoms with Gasteiger partial charge in [0.15, 0.2) is 0 Å². The van der Waals surface area contributed by atoms with Crippen LogP contribution in [-0.4, -0.2) is 18.7 Å². The van der Waals surface area contributed by atoms with Gasteiger partial charge < -0.3 is 4.74 Å². The van der Waals surface area contributed by atoms with Gasteiger partial charge in [-0.05, 0) is 19.4 Å². The molecule has 0 saturated carbocycles. The van der Waals surface area contributed by atoms with Crippen LogP contribution in [0.1, 0.15) is 58.8 Å². The molecule has 0 aliphatic rings. The van der Waals surface area contributed by atoms with Crippen LogP contribution in [0.15, 0.2) is 10.6 Å². The highest BCUT2D eigenvalue weighted by Crippen LogP contribution is 2.23. The first-order valence-corrected chi connectivity index (χ1v) is 8.12. The maximum Gasteiger partial charge on any atom is 0.315 e. The number of hydrogen-bond acceptors (Lipinski definition) is 2. The molecule has 20 heavy (non-hydrogen) atoms. The zero-order chi connectivity index (χ0) is 15.4. The third-order valence-corrected chi connectivity index (χ3v) is 3.34. The number of esters is 1. The SMILES string of the molecule is CCCCCCCC[C@@H](F)[C@H](C=C(Cl)Cl)C(=O)OCC. The van der Waals surface area contributed by atoms with Gasteiger partial charge in [-0.3, -0.25) is 4.79 Å². The monoisotopic (exact) mass is 326 g/mol. The zero-order valence-corrected chi connectivity index (χ0v) is 13.9. The number of hydrogen-bond donors (Lipinski definition) is 0. The average molecular weight is 327 g/mol. The number of halogens is 3. The normalized spacial score (nSPS) is 13.7. The summed E-state index contributed by atoms with van der Waals surface area (Å²) in [5, 5.41) is 0. The van der Waals surface area contributed by atoms with Gasteiger partial charge in [0, 0.05) is 0 Å². The van der Waals surface area contributed by atoms with Crippen molar-refractivity contribution in [3.63, 3.8) is 0 Å². The van der Waals surface area contributed by atoms with Crippen molar-refractivity contribution in [2.75, 3.05) is 6.61 Å². The lowest BCUT2D eigenvalue weighted by Gasteiger charge is -2.16. The third-order valence-electron chi connectivity index (χ3n) is 3.09. The predicted molar refractivity (Wildman–Crippen MR) is 82.8 cm³/mol. The molecule has 0 rings (SSSR count). The van der Waals surface area contributed by atoms with E-state index in [9.17, 15) is 9.18 Å². The Bertz CT molecular complexity index is 292. The topological polar surface area (TPSA) is 26.3 Å². The lowest BCUT2D eigenvalue weighted by atomic mass is 9.98. The minimum Gasteiger partial charge on any atom is -0.465 e. The maximum absolute atomic E-state index is 14.1. The van der Waals surface area contributed by atoms with Crippen LogP contribution < -0.4 is 0 Å². The minimum absolute atomic E-state index is 0.103. The summed E-state index contributed by atoms with van der Waals surface area (Å²) in [6.45, 7) is 4.05. The molecule has 0 fully saturated rings. The third kappa shape index (κ3) is 9.60. The van der Waals surface area contributed by atoms with Crippen LogP contribution in [-0.2, 0) is 9.53 Å². The largest absolute Gasteiger partial charge is 0.465 e. The number of ether oxygens (including phenoxy) is 1. The number of rotatable bonds is 11. The Kier molecular flexibility index (Phi) is 12.3. The molecule has 0 aromatic heterocycles. The number of unbranched alkanes of at least 4 members (excludes halogenated alkanes) is 5. The lowest BCUT2D eigenvalue weighted by Crippen LogP contribution is -2.25. The van der Waals surface area contributed by atoms with Gasteiger partial charge in [-0.2, -0.15) is 0 Å². The summed E-state index contributed by atoms with van der Waals surface area (Å²) >= 11 is 11.1. The molecule has 0 saturated heterocycles. The van der Waals surface area contributed by atoms with Crippen LogP contribution >= 0.6 is 23.2 Å². The van der Waals surface area contributed by atoms with Gasteiger partial charge >= 0.3 is 5.97 Å². The predicted octanol–water partition coefficient (Wildman–Crippen LogP) is 5.57. The molecular formula is C15H25Cl2FO2. The van der Waals surface area contributed by atoms with Crippen molar-refractivity contribution < 1.29 is 13.9 Å². The Labute approximate surface area is 131 Å². The van der Waals surface area contributed by atoms with Gasteiger partial charge in [0.2, 0.25) is 0 Å². The zero-order valence-electron chi connectivity index (χ0n) is 12.3. The van der Waals surface area contributed by atoms with E-state index in [2.05, 4.69) is 6.92 Å². The molecule has 118 valence electrons. The summed E-state index contributed by atoms with van der Waals surface area (Å²) < 4.78 is 18.9. The highest BCUT2D eigenvalue weighted by Gasteiger charge is 2.27. The summed E-state index contributed by atoms with van der Waals surface area (Å²) in [5.41, 5.74) is 0. The summed E-state index contributed by atoms with van der Waals surface area (Å²) in [6, 6.07) is 0. The van der Waals surface area contributed by atoms with Crippen molar-refractivity contribution in [2.24, 2.45) is 5.92 Å². The van der Waals surface area contributed by atoms with Crippen LogP contribution in [0.25, 0.3) is 0 Å². The Hall–Kier alpha value is -0.280. The molecule has 2 nitrogen and oxygen atoms in total. The molecule has 0 unspecified atom stereocenters. The Morgan fingerprint density at radius 3 is 2.30 bits per heavy atom. The van der Waals surface area contributed by atoms with Gasteiger partial charge in [-0.15, -0.1) is 0 Å². The fraction of sp³-hybridized carbons (Fsp3) is 0.800. The van der Waals surface area contributed by atoms with Crippen LogP contribution in [0.2, 0.25) is 0 Å². The fourth-order valence-corrected chi connectivity index (χ4v) is 2.27. The molecule has 0 aliphatic carbocycles. The number of carbonyl (C=O) groups excluding carboxylic acids is 1. The summed E-state index contributed by atoms with van der Waals surface area (Å²) in [6.07, 6.45) is 6.69. The van der Waals surface area contributed by atoms with Crippen molar-refractivity contribution in [3.05, 3.63) is 10.6 Å². The highest BCUT2D eigenvalue weighted by molar-refractivity contribution is 6.55. The average Bonchev–Trinajstić information content (AvgIpc) is 2.39. The molecule has 0 aliphatic heterocycles. The molecule has 0 aromatic rings. The second-order valence-electron chi connectivity index (χ2n) is 4.81. The summed E-state index contributed by atoms with van der Waals surface area (Å²) in [7, 11) is 0. The Morgan fingerprint density at radius 1 is 1.15 bits per heavy atom. The maximum atomic E-state index is 14.1. The van der Waals surface area contributed by atoms with E-state index < -0.39 is 18.1 Å². The second kappa shape index (κ2) is 12.5. The lowest BCUT2D eigenvalue weighted by molar-refractivity contribution is -0.148. The van der Waals surface area contributed by atoms with Crippen molar-refractivity contribution in [1.82, 2.24) is 0 Å². The Balaban J connectivity index is 4.17. The first kappa shape index (κ1) is 19.7. The molecular weight excluding hydrogens is 302 g/mol. The van der Waals surface area contributed by atoms with Crippen LogP contribution in [0.4, 0.5) is 4.39 Å². The van der Waals surface area contributed by atoms with Gasteiger partial charge in [-0.25, -0.2) is 4.39 Å². The summed E-state index contributed by atoms with van der Waals surface area (Å²) in [5.74, 6) is -1.61. The van der Waals surface area contributed by atoms with Crippen LogP contribution in [0, 0.1) is 5.92 Å². The number of alkyl halides is 1. The van der Waals surface area contributed by atoms with E-state index in [4.69, 9.17) is 27.9 Å². The first-order valence-electron chi connectivity index (χ1n) is 7.36. The van der Waals surface area contributed by atoms with E-state index in [1.165, 1.54) is 25.3 Å². The molecule has 2 atom stereocenters. The number of carbonyl (C=O) groups is 1. The van der Waals surface area contributed by atoms with Crippen molar-refractivity contribution in [2.45, 2.75) is 65.0 Å². The highest BCUT2D eigenvalue weighted by atomic mass is 35.5. The molecule has 0 heterocycles. The van der Waals surface area contributed by atoms with E-state index in [0.29, 0.717) is 6.42 Å². The van der Waals surface area contributed by atoms with Crippen molar-refractivity contribution >= 4 is 29.2 Å². The van der Waals surface area contributed by atoms with E-state index in [1.54, 1.807) is 6.92 Å². The molecule has 0 amide bonds. The minimum atomic E-state index is -1.30. The first-order chi connectivity index (χ1) is 9.52. The molecule has 0 radical (unpaired) electrons. The fourth-order valence-electron chi connectivity index (χ4n) is 1.99. The van der Waals surface area contributed by atoms with Crippen molar-refractivity contribution in [1.29, 1.82) is 0 Å². The van der Waals surface area contributed by atoms with Crippen LogP contribution in [0.3, 0.4) is 0 Å². The van der Waals surface area contributed by atoms with E-state index in [-0.39, 0.29) is 11.1 Å². The molecule has 0 aromatic carbocycles. The van der Waals surface area contributed by atoms with E-state index in [1.807, 2.05) is 0 Å². The molecule has 0 N–H and O–H groups in total. The smallest absolute Gasteiger partial charge is 0.315 e. The van der Waals surface area contributed by atoms with Crippen molar-refractivity contribution in [3.8, 4) is 0 Å². The van der Waals surface area contributed by atoms with E-state index in [0.717, 1.165) is 19.3 Å².